The SMILES string of the molecule is CCCc1noc(CCCC(=O)N2CCC[C@@H](n3ccnc3)C2)n1. The summed E-state index contributed by atoms with van der Waals surface area (Å²) in [6.45, 7) is 3.71. The van der Waals surface area contributed by atoms with Crippen molar-refractivity contribution in [3.8, 4) is 0 Å². The number of hydrogen-bond acceptors (Lipinski definition) is 5. The molecule has 1 fully saturated rings. The molecule has 1 saturated heterocycles. The van der Waals surface area contributed by atoms with E-state index in [0.717, 1.165) is 51.0 Å². The molecule has 7 nitrogen and oxygen atoms in total. The number of nitrogens with zero attached hydrogens (tertiary/aromatic N) is 5. The van der Waals surface area contributed by atoms with Crippen molar-refractivity contribution >= 4 is 5.91 Å². The Hall–Kier alpha value is -2.18. The van der Waals surface area contributed by atoms with Crippen molar-refractivity contribution in [1.29, 1.82) is 0 Å². The van der Waals surface area contributed by atoms with E-state index in [1.54, 1.807) is 6.20 Å². The summed E-state index contributed by atoms with van der Waals surface area (Å²) < 4.78 is 7.32. The van der Waals surface area contributed by atoms with E-state index in [9.17, 15) is 4.79 Å². The fraction of sp³-hybridized carbons (Fsp3) is 0.647. The van der Waals surface area contributed by atoms with Gasteiger partial charge in [0, 0.05) is 44.7 Å². The molecule has 0 aliphatic carbocycles. The Labute approximate surface area is 142 Å². The summed E-state index contributed by atoms with van der Waals surface area (Å²) in [4.78, 5) is 22.9. The molecule has 1 aliphatic rings. The lowest BCUT2D eigenvalue weighted by Crippen LogP contribution is -2.40. The third kappa shape index (κ3) is 4.21. The third-order valence-electron chi connectivity index (χ3n) is 4.46. The van der Waals surface area contributed by atoms with E-state index in [-0.39, 0.29) is 5.91 Å². The second kappa shape index (κ2) is 8.08. The lowest BCUT2D eigenvalue weighted by atomic mass is 10.0. The fourth-order valence-corrected chi connectivity index (χ4v) is 3.18. The van der Waals surface area contributed by atoms with Crippen molar-refractivity contribution in [3.63, 3.8) is 0 Å². The number of hydrogen-bond donors (Lipinski definition) is 0. The Morgan fingerprint density at radius 3 is 3.12 bits per heavy atom. The topological polar surface area (TPSA) is 77.0 Å². The molecule has 0 saturated carbocycles. The van der Waals surface area contributed by atoms with Crippen LogP contribution in [0.4, 0.5) is 0 Å². The first-order valence-corrected chi connectivity index (χ1v) is 8.83. The van der Waals surface area contributed by atoms with Gasteiger partial charge in [0.2, 0.25) is 11.8 Å². The first-order valence-electron chi connectivity index (χ1n) is 8.83. The number of aryl methyl sites for hydroxylation is 2. The van der Waals surface area contributed by atoms with Crippen LogP contribution in [0.2, 0.25) is 0 Å². The number of amides is 1. The van der Waals surface area contributed by atoms with E-state index in [1.165, 1.54) is 0 Å². The predicted octanol–water partition coefficient (Wildman–Crippen LogP) is 2.41. The molecule has 3 rings (SSSR count). The van der Waals surface area contributed by atoms with Gasteiger partial charge in [-0.25, -0.2) is 4.98 Å². The number of rotatable bonds is 7. The summed E-state index contributed by atoms with van der Waals surface area (Å²) in [5.41, 5.74) is 0. The van der Waals surface area contributed by atoms with Crippen LogP contribution in [-0.2, 0) is 17.6 Å². The average molecular weight is 331 g/mol. The van der Waals surface area contributed by atoms with Gasteiger partial charge >= 0.3 is 0 Å². The van der Waals surface area contributed by atoms with Gasteiger partial charge in [0.1, 0.15) is 0 Å². The molecule has 1 aliphatic heterocycles. The zero-order valence-corrected chi connectivity index (χ0v) is 14.2. The number of likely N-dealkylation sites (tertiary alicyclic amines) is 1. The van der Waals surface area contributed by atoms with Crippen LogP contribution in [0.1, 0.15) is 56.8 Å². The van der Waals surface area contributed by atoms with Crippen LogP contribution in [0.15, 0.2) is 23.2 Å². The highest BCUT2D eigenvalue weighted by Crippen LogP contribution is 2.22. The molecule has 0 radical (unpaired) electrons. The molecule has 24 heavy (non-hydrogen) atoms. The van der Waals surface area contributed by atoms with Crippen LogP contribution in [0.5, 0.6) is 0 Å². The maximum Gasteiger partial charge on any atom is 0.226 e. The number of piperidine rings is 1. The van der Waals surface area contributed by atoms with Crippen molar-refractivity contribution in [2.24, 2.45) is 0 Å². The third-order valence-corrected chi connectivity index (χ3v) is 4.46. The van der Waals surface area contributed by atoms with Gasteiger partial charge in [-0.1, -0.05) is 12.1 Å². The number of carbonyl (C=O) groups is 1. The van der Waals surface area contributed by atoms with Gasteiger partial charge in [0.15, 0.2) is 5.82 Å². The van der Waals surface area contributed by atoms with E-state index < -0.39 is 0 Å². The Morgan fingerprint density at radius 1 is 1.42 bits per heavy atom. The van der Waals surface area contributed by atoms with Crippen LogP contribution in [0.25, 0.3) is 0 Å². The molecule has 0 bridgehead atoms. The lowest BCUT2D eigenvalue weighted by Gasteiger charge is -2.33. The highest BCUT2D eigenvalue weighted by Gasteiger charge is 2.24. The van der Waals surface area contributed by atoms with E-state index in [1.807, 2.05) is 17.4 Å². The minimum Gasteiger partial charge on any atom is -0.341 e. The quantitative estimate of drug-likeness (QED) is 0.778. The Bertz CT molecular complexity index is 637. The van der Waals surface area contributed by atoms with E-state index in [4.69, 9.17) is 4.52 Å². The van der Waals surface area contributed by atoms with Gasteiger partial charge in [-0.15, -0.1) is 0 Å². The summed E-state index contributed by atoms with van der Waals surface area (Å²) in [5.74, 6) is 1.62. The van der Waals surface area contributed by atoms with Crippen molar-refractivity contribution in [3.05, 3.63) is 30.4 Å². The summed E-state index contributed by atoms with van der Waals surface area (Å²) in [5, 5.41) is 3.94. The van der Waals surface area contributed by atoms with Gasteiger partial charge in [-0.05, 0) is 25.7 Å². The first-order chi connectivity index (χ1) is 11.8. The Balaban J connectivity index is 1.44. The minimum atomic E-state index is 0.216. The van der Waals surface area contributed by atoms with Crippen molar-refractivity contribution in [2.45, 2.75) is 57.9 Å². The molecule has 3 heterocycles. The second-order valence-electron chi connectivity index (χ2n) is 6.35. The predicted molar refractivity (Wildman–Crippen MR) is 88.3 cm³/mol. The van der Waals surface area contributed by atoms with Crippen molar-refractivity contribution in [2.75, 3.05) is 13.1 Å². The van der Waals surface area contributed by atoms with Gasteiger partial charge in [-0.3, -0.25) is 4.79 Å². The molecule has 0 unspecified atom stereocenters. The van der Waals surface area contributed by atoms with E-state index >= 15 is 0 Å². The Morgan fingerprint density at radius 2 is 2.33 bits per heavy atom. The summed E-state index contributed by atoms with van der Waals surface area (Å²) in [6.07, 6.45) is 11.5. The standard InChI is InChI=1S/C17H25N5O2/c1-2-5-15-19-16(24-20-15)7-3-8-17(23)21-10-4-6-14(12-21)22-11-9-18-13-22/h9,11,13-14H,2-8,10,12H2,1H3/t14-/m1/s1. The molecule has 1 amide bonds. The highest BCUT2D eigenvalue weighted by molar-refractivity contribution is 5.76. The number of imidazole rings is 1. The van der Waals surface area contributed by atoms with Crippen molar-refractivity contribution < 1.29 is 9.32 Å². The summed E-state index contributed by atoms with van der Waals surface area (Å²) in [7, 11) is 0. The molecule has 2 aromatic rings. The number of carbonyl (C=O) groups excluding carboxylic acids is 1. The molecule has 0 N–H and O–H groups in total. The lowest BCUT2D eigenvalue weighted by molar-refractivity contribution is -0.132. The minimum absolute atomic E-state index is 0.216. The smallest absolute Gasteiger partial charge is 0.226 e. The molecule has 0 aromatic carbocycles. The maximum atomic E-state index is 12.4. The largest absolute Gasteiger partial charge is 0.341 e. The number of aromatic nitrogens is 4. The van der Waals surface area contributed by atoms with Crippen LogP contribution in [0, 0.1) is 0 Å². The summed E-state index contributed by atoms with van der Waals surface area (Å²) >= 11 is 0. The summed E-state index contributed by atoms with van der Waals surface area (Å²) in [6, 6.07) is 0.345. The molecule has 1 atom stereocenters. The average Bonchev–Trinajstić information content (AvgIpc) is 3.27. The highest BCUT2D eigenvalue weighted by atomic mass is 16.5. The van der Waals surface area contributed by atoms with Gasteiger partial charge in [0.05, 0.1) is 12.4 Å². The molecule has 2 aromatic heterocycles. The molecular weight excluding hydrogens is 306 g/mol. The van der Waals surface area contributed by atoms with Crippen LogP contribution >= 0.6 is 0 Å². The van der Waals surface area contributed by atoms with Crippen molar-refractivity contribution in [1.82, 2.24) is 24.6 Å². The van der Waals surface area contributed by atoms with Gasteiger partial charge < -0.3 is 14.0 Å². The van der Waals surface area contributed by atoms with E-state index in [0.29, 0.717) is 24.8 Å². The first kappa shape index (κ1) is 16.7. The normalized spacial score (nSPS) is 18.0. The van der Waals surface area contributed by atoms with E-state index in [2.05, 4.69) is 26.6 Å². The van der Waals surface area contributed by atoms with Crippen LogP contribution < -0.4 is 0 Å². The zero-order chi connectivity index (χ0) is 16.8. The molecular formula is C17H25N5O2. The second-order valence-corrected chi connectivity index (χ2v) is 6.35. The monoisotopic (exact) mass is 331 g/mol. The van der Waals surface area contributed by atoms with Gasteiger partial charge in [-0.2, -0.15) is 4.98 Å². The zero-order valence-electron chi connectivity index (χ0n) is 14.2. The molecule has 130 valence electrons. The van der Waals surface area contributed by atoms with Crippen LogP contribution in [-0.4, -0.2) is 43.6 Å². The van der Waals surface area contributed by atoms with Crippen LogP contribution in [0.3, 0.4) is 0 Å². The Kier molecular flexibility index (Phi) is 5.61. The maximum absolute atomic E-state index is 12.4. The van der Waals surface area contributed by atoms with Gasteiger partial charge in [0.25, 0.3) is 0 Å². The molecule has 7 heteroatoms. The fourth-order valence-electron chi connectivity index (χ4n) is 3.18. The molecule has 0 spiro atoms.